The minimum absolute atomic E-state index is 0.208. The maximum atomic E-state index is 12.6. The van der Waals surface area contributed by atoms with E-state index in [2.05, 4.69) is 16.0 Å². The zero-order valence-electron chi connectivity index (χ0n) is 16.8. The zero-order valence-corrected chi connectivity index (χ0v) is 16.8. The highest BCUT2D eigenvalue weighted by Gasteiger charge is 2.32. The molecule has 4 unspecified atom stereocenters. The monoisotopic (exact) mass is 433 g/mol. The van der Waals surface area contributed by atoms with Crippen LogP contribution in [0.25, 0.3) is 0 Å². The molecule has 0 rings (SSSR count). The van der Waals surface area contributed by atoms with E-state index in [1.807, 2.05) is 0 Å². The molecule has 0 saturated heterocycles. The van der Waals surface area contributed by atoms with Gasteiger partial charge in [-0.2, -0.15) is 0 Å². The van der Waals surface area contributed by atoms with Gasteiger partial charge in [-0.15, -0.1) is 0 Å². The van der Waals surface area contributed by atoms with Gasteiger partial charge in [0.2, 0.25) is 17.7 Å². The fourth-order valence-electron chi connectivity index (χ4n) is 2.46. The standard InChI is InChI=1S/C17H31N5O8/c1-9(23)14(16(28)21-11(17(29)30)5-6-13(25)26)22-15(27)10(4-2-3-7-18)20-12(24)8-19/h9-11,14,23H,2-8,18-19H2,1H3,(H,20,24)(H,21,28)(H,22,27)(H,25,26)(H,29,30). The largest absolute Gasteiger partial charge is 0.481 e. The number of hydrogen-bond donors (Lipinski definition) is 8. The highest BCUT2D eigenvalue weighted by atomic mass is 16.4. The molecule has 0 fully saturated rings. The smallest absolute Gasteiger partial charge is 0.326 e. The molecule has 13 heteroatoms. The van der Waals surface area contributed by atoms with Gasteiger partial charge in [-0.3, -0.25) is 19.2 Å². The summed E-state index contributed by atoms with van der Waals surface area (Å²) in [5.41, 5.74) is 10.7. The highest BCUT2D eigenvalue weighted by molar-refractivity contribution is 5.94. The van der Waals surface area contributed by atoms with Gasteiger partial charge in [-0.1, -0.05) is 0 Å². The van der Waals surface area contributed by atoms with Crippen LogP contribution in [0.5, 0.6) is 0 Å². The van der Waals surface area contributed by atoms with Crippen LogP contribution in [-0.4, -0.2) is 82.3 Å². The number of hydrogen-bond acceptors (Lipinski definition) is 8. The van der Waals surface area contributed by atoms with E-state index in [4.69, 9.17) is 21.7 Å². The summed E-state index contributed by atoms with van der Waals surface area (Å²) in [6.07, 6.45) is -0.993. The Hall–Kier alpha value is -2.77. The number of nitrogens with one attached hydrogen (secondary N) is 3. The van der Waals surface area contributed by atoms with Crippen LogP contribution in [0.4, 0.5) is 0 Å². The number of carbonyl (C=O) groups excluding carboxylic acids is 3. The number of aliphatic carboxylic acids is 2. The van der Waals surface area contributed by atoms with Gasteiger partial charge in [-0.05, 0) is 39.2 Å². The molecule has 10 N–H and O–H groups in total. The van der Waals surface area contributed by atoms with Crippen LogP contribution in [0, 0.1) is 0 Å². The molecule has 0 heterocycles. The lowest BCUT2D eigenvalue weighted by molar-refractivity contribution is -0.144. The van der Waals surface area contributed by atoms with Crippen molar-refractivity contribution in [3.8, 4) is 0 Å². The van der Waals surface area contributed by atoms with Gasteiger partial charge in [0.05, 0.1) is 12.6 Å². The van der Waals surface area contributed by atoms with Crippen LogP contribution in [0.2, 0.25) is 0 Å². The van der Waals surface area contributed by atoms with Crippen LogP contribution in [0.3, 0.4) is 0 Å². The number of aliphatic hydroxyl groups is 1. The van der Waals surface area contributed by atoms with E-state index in [9.17, 15) is 29.1 Å². The second-order valence-corrected chi connectivity index (χ2v) is 6.67. The summed E-state index contributed by atoms with van der Waals surface area (Å²) >= 11 is 0. The molecule has 0 aromatic carbocycles. The Kier molecular flexibility index (Phi) is 12.9. The topological polar surface area (TPSA) is 234 Å². The molecule has 3 amide bonds. The predicted molar refractivity (Wildman–Crippen MR) is 104 cm³/mol. The van der Waals surface area contributed by atoms with Gasteiger partial charge >= 0.3 is 11.9 Å². The van der Waals surface area contributed by atoms with Gasteiger partial charge < -0.3 is 42.7 Å². The van der Waals surface area contributed by atoms with E-state index >= 15 is 0 Å². The molecule has 0 aliphatic carbocycles. The van der Waals surface area contributed by atoms with E-state index in [0.29, 0.717) is 19.4 Å². The van der Waals surface area contributed by atoms with Crippen molar-refractivity contribution in [1.82, 2.24) is 16.0 Å². The summed E-state index contributed by atoms with van der Waals surface area (Å²) in [6, 6.07) is -4.09. The maximum Gasteiger partial charge on any atom is 0.326 e. The molecule has 13 nitrogen and oxygen atoms in total. The SMILES string of the molecule is CC(O)C(NC(=O)C(CCCCN)NC(=O)CN)C(=O)NC(CCC(=O)O)C(=O)O. The fourth-order valence-corrected chi connectivity index (χ4v) is 2.46. The summed E-state index contributed by atoms with van der Waals surface area (Å²) in [7, 11) is 0. The molecule has 0 aliphatic rings. The van der Waals surface area contributed by atoms with Crippen LogP contribution in [-0.2, 0) is 24.0 Å². The lowest BCUT2D eigenvalue weighted by Crippen LogP contribution is -2.59. The molecule has 0 aromatic heterocycles. The summed E-state index contributed by atoms with van der Waals surface area (Å²) in [5.74, 6) is -5.09. The lowest BCUT2D eigenvalue weighted by Gasteiger charge is -2.26. The number of unbranched alkanes of at least 4 members (excludes halogenated alkanes) is 1. The van der Waals surface area contributed by atoms with Crippen molar-refractivity contribution in [2.75, 3.05) is 13.1 Å². The maximum absolute atomic E-state index is 12.6. The number of nitrogens with two attached hydrogens (primary N) is 2. The van der Waals surface area contributed by atoms with Gasteiger partial charge in [0.15, 0.2) is 0 Å². The first-order valence-electron chi connectivity index (χ1n) is 9.46. The summed E-state index contributed by atoms with van der Waals surface area (Å²) in [6.45, 7) is 1.23. The van der Waals surface area contributed by atoms with Crippen molar-refractivity contribution >= 4 is 29.7 Å². The Labute approximate surface area is 173 Å². The molecule has 0 saturated carbocycles. The van der Waals surface area contributed by atoms with E-state index in [-0.39, 0.29) is 19.4 Å². The van der Waals surface area contributed by atoms with Crippen molar-refractivity contribution in [3.63, 3.8) is 0 Å². The summed E-state index contributed by atoms with van der Waals surface area (Å²) in [5, 5.41) is 34.5. The van der Waals surface area contributed by atoms with Crippen LogP contribution in [0.1, 0.15) is 39.0 Å². The fraction of sp³-hybridized carbons (Fsp3) is 0.706. The second kappa shape index (κ2) is 14.3. The Morgan fingerprint density at radius 1 is 0.867 bits per heavy atom. The number of carboxylic acids is 2. The van der Waals surface area contributed by atoms with Crippen molar-refractivity contribution in [3.05, 3.63) is 0 Å². The Morgan fingerprint density at radius 3 is 1.97 bits per heavy atom. The van der Waals surface area contributed by atoms with Gasteiger partial charge in [0.25, 0.3) is 0 Å². The molecule has 4 atom stereocenters. The van der Waals surface area contributed by atoms with Crippen LogP contribution < -0.4 is 27.4 Å². The number of aliphatic hydroxyl groups excluding tert-OH is 1. The third kappa shape index (κ3) is 10.7. The molecule has 0 bridgehead atoms. The Balaban J connectivity index is 5.23. The normalized spacial score (nSPS) is 14.7. The third-order valence-corrected chi connectivity index (χ3v) is 4.11. The minimum Gasteiger partial charge on any atom is -0.481 e. The quantitative estimate of drug-likeness (QED) is 0.121. The average Bonchev–Trinajstić information content (AvgIpc) is 2.67. The number of rotatable bonds is 15. The molecule has 0 aromatic rings. The van der Waals surface area contributed by atoms with Gasteiger partial charge in [0, 0.05) is 6.42 Å². The average molecular weight is 433 g/mol. The first-order valence-corrected chi connectivity index (χ1v) is 9.46. The zero-order chi connectivity index (χ0) is 23.3. The Bertz CT molecular complexity index is 613. The van der Waals surface area contributed by atoms with Gasteiger partial charge in [-0.25, -0.2) is 4.79 Å². The number of carboxylic acid groups (broad SMARTS) is 2. The highest BCUT2D eigenvalue weighted by Crippen LogP contribution is 2.05. The lowest BCUT2D eigenvalue weighted by atomic mass is 10.1. The first-order chi connectivity index (χ1) is 14.0. The molecule has 172 valence electrons. The second-order valence-electron chi connectivity index (χ2n) is 6.67. The predicted octanol–water partition coefficient (Wildman–Crippen LogP) is -3.14. The molecule has 30 heavy (non-hydrogen) atoms. The minimum atomic E-state index is -1.53. The number of carbonyl (C=O) groups is 5. The molecular formula is C17H31N5O8. The first kappa shape index (κ1) is 27.2. The van der Waals surface area contributed by atoms with Crippen molar-refractivity contribution in [2.24, 2.45) is 11.5 Å². The van der Waals surface area contributed by atoms with E-state index < -0.39 is 60.3 Å². The third-order valence-electron chi connectivity index (χ3n) is 4.11. The van der Waals surface area contributed by atoms with Gasteiger partial charge in [0.1, 0.15) is 18.1 Å². The molecule has 0 spiro atoms. The van der Waals surface area contributed by atoms with E-state index in [1.54, 1.807) is 0 Å². The van der Waals surface area contributed by atoms with Crippen molar-refractivity contribution in [1.29, 1.82) is 0 Å². The summed E-state index contributed by atoms with van der Waals surface area (Å²) < 4.78 is 0. The molecule has 0 aliphatic heterocycles. The Morgan fingerprint density at radius 2 is 1.50 bits per heavy atom. The van der Waals surface area contributed by atoms with E-state index in [0.717, 1.165) is 0 Å². The van der Waals surface area contributed by atoms with E-state index in [1.165, 1.54) is 6.92 Å². The summed E-state index contributed by atoms with van der Waals surface area (Å²) in [4.78, 5) is 58.4. The molecule has 0 radical (unpaired) electrons. The molecular weight excluding hydrogens is 402 g/mol. The number of amides is 3. The van der Waals surface area contributed by atoms with Crippen LogP contribution >= 0.6 is 0 Å². The van der Waals surface area contributed by atoms with Crippen LogP contribution in [0.15, 0.2) is 0 Å². The van der Waals surface area contributed by atoms with Crippen molar-refractivity contribution in [2.45, 2.75) is 63.3 Å². The van der Waals surface area contributed by atoms with Crippen molar-refractivity contribution < 1.29 is 39.3 Å².